The van der Waals surface area contributed by atoms with E-state index in [-0.39, 0.29) is 5.41 Å². The third-order valence-corrected chi connectivity index (χ3v) is 5.11. The van der Waals surface area contributed by atoms with Crippen molar-refractivity contribution in [3.05, 3.63) is 35.9 Å². The van der Waals surface area contributed by atoms with Crippen molar-refractivity contribution in [3.8, 4) is 0 Å². The molecule has 2 unspecified atom stereocenters. The summed E-state index contributed by atoms with van der Waals surface area (Å²) in [4.78, 5) is 10.4. The van der Waals surface area contributed by atoms with Crippen LogP contribution in [0.2, 0.25) is 0 Å². The lowest BCUT2D eigenvalue weighted by Gasteiger charge is -2.49. The minimum absolute atomic E-state index is 0.284. The highest BCUT2D eigenvalue weighted by atomic mass is 15.3. The molecule has 5 rings (SSSR count). The van der Waals surface area contributed by atoms with E-state index in [0.29, 0.717) is 5.92 Å². The molecule has 4 fully saturated rings. The van der Waals surface area contributed by atoms with E-state index in [1.165, 1.54) is 50.5 Å². The first-order valence-corrected chi connectivity index (χ1v) is 7.76. The van der Waals surface area contributed by atoms with Crippen LogP contribution in [0.4, 0.5) is 0 Å². The molecule has 106 valence electrons. The van der Waals surface area contributed by atoms with E-state index in [4.69, 9.17) is 4.99 Å². The highest BCUT2D eigenvalue weighted by Gasteiger charge is 2.48. The van der Waals surface area contributed by atoms with Gasteiger partial charge in [-0.05, 0) is 5.56 Å². The van der Waals surface area contributed by atoms with Gasteiger partial charge in [0.2, 0.25) is 0 Å². The Balaban J connectivity index is 1.62. The van der Waals surface area contributed by atoms with Crippen LogP contribution in [0.3, 0.4) is 0 Å². The predicted octanol–water partition coefficient (Wildman–Crippen LogP) is 1.89. The lowest BCUT2D eigenvalue weighted by molar-refractivity contribution is 0.130. The summed E-state index contributed by atoms with van der Waals surface area (Å²) in [6, 6.07) is 10.7. The molecule has 0 amide bonds. The van der Waals surface area contributed by atoms with Crippen LogP contribution in [0.5, 0.6) is 0 Å². The van der Waals surface area contributed by atoms with Gasteiger partial charge in [-0.2, -0.15) is 0 Å². The number of hydrogen-bond acceptors (Lipinski definition) is 3. The summed E-state index contributed by atoms with van der Waals surface area (Å²) in [6.45, 7) is 10.6. The molecule has 4 saturated heterocycles. The van der Waals surface area contributed by atoms with Crippen LogP contribution in [-0.2, 0) is 6.54 Å². The summed E-state index contributed by atoms with van der Waals surface area (Å²) in [5, 5.41) is 0. The Labute approximate surface area is 121 Å². The molecule has 0 aromatic heterocycles. The molecule has 0 radical (unpaired) electrons. The molecule has 3 nitrogen and oxygen atoms in total. The summed E-state index contributed by atoms with van der Waals surface area (Å²) < 4.78 is 0. The molecule has 2 atom stereocenters. The van der Waals surface area contributed by atoms with Crippen LogP contribution in [0, 0.1) is 11.3 Å². The molecule has 0 spiro atoms. The predicted molar refractivity (Wildman–Crippen MR) is 82.1 cm³/mol. The topological polar surface area (TPSA) is 18.8 Å². The highest BCUT2D eigenvalue weighted by molar-refractivity contribution is 5.94. The Hall–Kier alpha value is -1.19. The molecule has 3 heteroatoms. The summed E-state index contributed by atoms with van der Waals surface area (Å²) >= 11 is 0. The van der Waals surface area contributed by atoms with Gasteiger partial charge in [0.25, 0.3) is 0 Å². The third kappa shape index (κ3) is 2.09. The number of rotatable bonds is 2. The first-order valence-electron chi connectivity index (χ1n) is 7.76. The Morgan fingerprint density at radius 2 is 1.75 bits per heavy atom. The lowest BCUT2D eigenvalue weighted by Crippen LogP contribution is -2.60. The van der Waals surface area contributed by atoms with Crippen LogP contribution in [-0.4, -0.2) is 54.8 Å². The second kappa shape index (κ2) is 4.68. The molecule has 4 bridgehead atoms. The molecule has 4 heterocycles. The van der Waals surface area contributed by atoms with Gasteiger partial charge in [0.1, 0.15) is 0 Å². The van der Waals surface area contributed by atoms with E-state index in [1.54, 1.807) is 0 Å². The van der Waals surface area contributed by atoms with E-state index >= 15 is 0 Å². The molecule has 1 aromatic rings. The number of piperidine rings is 2. The zero-order chi connectivity index (χ0) is 13.6. The minimum Gasteiger partial charge on any atom is -0.300 e. The molecule has 0 saturated carbocycles. The van der Waals surface area contributed by atoms with Gasteiger partial charge < -0.3 is 9.80 Å². The zero-order valence-electron chi connectivity index (χ0n) is 12.3. The largest absolute Gasteiger partial charge is 0.300 e. The van der Waals surface area contributed by atoms with Crippen molar-refractivity contribution < 1.29 is 0 Å². The number of fused-ring (bicyclic) bond motifs is 1. The molecular formula is C17H23N3. The van der Waals surface area contributed by atoms with Crippen LogP contribution in [0.25, 0.3) is 0 Å². The lowest BCUT2D eigenvalue weighted by atomic mass is 9.72. The highest BCUT2D eigenvalue weighted by Crippen LogP contribution is 2.38. The van der Waals surface area contributed by atoms with Crippen molar-refractivity contribution in [3.63, 3.8) is 0 Å². The molecule has 20 heavy (non-hydrogen) atoms. The summed E-state index contributed by atoms with van der Waals surface area (Å²) in [5.41, 5.74) is 3.11. The van der Waals surface area contributed by atoms with Crippen LogP contribution < -0.4 is 0 Å². The van der Waals surface area contributed by atoms with Gasteiger partial charge in [-0.3, -0.25) is 4.99 Å². The maximum absolute atomic E-state index is 5.07. The summed E-state index contributed by atoms with van der Waals surface area (Å²) in [5.74, 6) is 0.661. The van der Waals surface area contributed by atoms with Gasteiger partial charge in [0.05, 0.1) is 6.54 Å². The molecule has 4 aliphatic heterocycles. The second-order valence-corrected chi connectivity index (χ2v) is 6.91. The standard InChI is InChI=1S/C17H23N3/c1-17-12-19-7-8-20(13-17)11-15(10-19)16(17)18-9-14-5-3-2-4-6-14/h2-6,15H,7-13H2,1H3. The normalized spacial score (nSPS) is 41.0. The van der Waals surface area contributed by atoms with Crippen LogP contribution in [0.1, 0.15) is 12.5 Å². The number of aliphatic imine (C=N–C) groups is 1. The Morgan fingerprint density at radius 3 is 2.35 bits per heavy atom. The van der Waals surface area contributed by atoms with Crippen LogP contribution in [0.15, 0.2) is 35.3 Å². The Kier molecular flexibility index (Phi) is 2.93. The van der Waals surface area contributed by atoms with E-state index in [9.17, 15) is 0 Å². The van der Waals surface area contributed by atoms with E-state index < -0.39 is 0 Å². The van der Waals surface area contributed by atoms with Gasteiger partial charge in [-0.15, -0.1) is 0 Å². The van der Waals surface area contributed by atoms with Gasteiger partial charge in [0, 0.05) is 56.3 Å². The number of nitrogens with zero attached hydrogens (tertiary/aromatic N) is 3. The summed E-state index contributed by atoms with van der Waals surface area (Å²) in [7, 11) is 0. The maximum atomic E-state index is 5.07. The average Bonchev–Trinajstić information content (AvgIpc) is 2.66. The van der Waals surface area contributed by atoms with Crippen molar-refractivity contribution in [1.29, 1.82) is 0 Å². The van der Waals surface area contributed by atoms with Crippen molar-refractivity contribution in [1.82, 2.24) is 9.80 Å². The smallest absolute Gasteiger partial charge is 0.0639 e. The van der Waals surface area contributed by atoms with Gasteiger partial charge >= 0.3 is 0 Å². The zero-order valence-corrected chi connectivity index (χ0v) is 12.3. The van der Waals surface area contributed by atoms with Gasteiger partial charge in [0.15, 0.2) is 0 Å². The minimum atomic E-state index is 0.284. The fraction of sp³-hybridized carbons (Fsp3) is 0.588. The Morgan fingerprint density at radius 1 is 1.10 bits per heavy atom. The molecular weight excluding hydrogens is 246 g/mol. The van der Waals surface area contributed by atoms with Crippen LogP contribution >= 0.6 is 0 Å². The first-order chi connectivity index (χ1) is 9.73. The number of hydrogen-bond donors (Lipinski definition) is 0. The fourth-order valence-electron chi connectivity index (χ4n) is 4.38. The first kappa shape index (κ1) is 12.5. The van der Waals surface area contributed by atoms with E-state index in [0.717, 1.165) is 6.54 Å². The monoisotopic (exact) mass is 269 g/mol. The molecule has 1 aromatic carbocycles. The second-order valence-electron chi connectivity index (χ2n) is 6.91. The number of benzene rings is 1. The average molecular weight is 269 g/mol. The van der Waals surface area contributed by atoms with E-state index in [1.807, 2.05) is 0 Å². The van der Waals surface area contributed by atoms with Crippen molar-refractivity contribution in [2.24, 2.45) is 16.3 Å². The van der Waals surface area contributed by atoms with E-state index in [2.05, 4.69) is 47.1 Å². The van der Waals surface area contributed by atoms with Gasteiger partial charge in [-0.1, -0.05) is 37.3 Å². The molecule has 0 N–H and O–H groups in total. The maximum Gasteiger partial charge on any atom is 0.0639 e. The third-order valence-electron chi connectivity index (χ3n) is 5.11. The van der Waals surface area contributed by atoms with Gasteiger partial charge in [-0.25, -0.2) is 0 Å². The molecule has 0 aliphatic carbocycles. The Bertz CT molecular complexity index is 506. The summed E-state index contributed by atoms with van der Waals surface area (Å²) in [6.07, 6.45) is 0. The molecule has 4 aliphatic rings. The van der Waals surface area contributed by atoms with Crippen molar-refractivity contribution in [2.75, 3.05) is 39.3 Å². The van der Waals surface area contributed by atoms with Crippen molar-refractivity contribution >= 4 is 5.71 Å². The van der Waals surface area contributed by atoms with Crippen molar-refractivity contribution in [2.45, 2.75) is 13.5 Å². The SMILES string of the molecule is CC12CN3CCN(CC(C3)C1=NCc1ccccc1)C2. The quantitative estimate of drug-likeness (QED) is 0.816. The fourth-order valence-corrected chi connectivity index (χ4v) is 4.38.